The Hall–Kier alpha value is -3.10. The van der Waals surface area contributed by atoms with Gasteiger partial charge in [-0.3, -0.25) is 9.48 Å². The van der Waals surface area contributed by atoms with Gasteiger partial charge in [-0.05, 0) is 25.2 Å². The smallest absolute Gasteiger partial charge is 0.239 e. The molecule has 1 amide bonds. The van der Waals surface area contributed by atoms with Gasteiger partial charge in [0.1, 0.15) is 6.04 Å². The standard InChI is InChI=1S/C19H23FN6O2/c1-9(2)5-13(17(21)27)24-18-15(20)12-7-22-19(28)14(12)16(25-18)10-6-23-26(8-10)11-3-4-11/h6-9,11,13,22,24,28H,3-5H2,1-2H3,(H2,21,27)/t13-/m1/s1. The molecule has 3 aromatic rings. The van der Waals surface area contributed by atoms with Crippen LogP contribution in [0.5, 0.6) is 5.88 Å². The number of halogens is 1. The van der Waals surface area contributed by atoms with Crippen LogP contribution < -0.4 is 11.1 Å². The molecule has 0 aromatic carbocycles. The summed E-state index contributed by atoms with van der Waals surface area (Å²) in [6.07, 6.45) is 7.46. The van der Waals surface area contributed by atoms with Gasteiger partial charge < -0.3 is 21.1 Å². The van der Waals surface area contributed by atoms with Crippen molar-refractivity contribution in [1.29, 1.82) is 0 Å². The Bertz CT molecular complexity index is 1040. The fourth-order valence-corrected chi connectivity index (χ4v) is 3.36. The molecule has 3 heterocycles. The van der Waals surface area contributed by atoms with Crippen molar-refractivity contribution in [3.05, 3.63) is 24.4 Å². The lowest BCUT2D eigenvalue weighted by Gasteiger charge is -2.19. The quantitative estimate of drug-likeness (QED) is 0.497. The molecule has 1 aliphatic rings. The molecule has 28 heavy (non-hydrogen) atoms. The largest absolute Gasteiger partial charge is 0.494 e. The van der Waals surface area contributed by atoms with Crippen molar-refractivity contribution in [3.8, 4) is 17.1 Å². The van der Waals surface area contributed by atoms with Crippen LogP contribution in [0.3, 0.4) is 0 Å². The number of aromatic hydroxyl groups is 1. The third-order valence-corrected chi connectivity index (χ3v) is 4.92. The zero-order valence-corrected chi connectivity index (χ0v) is 15.7. The third-order valence-electron chi connectivity index (χ3n) is 4.92. The van der Waals surface area contributed by atoms with E-state index in [1.165, 1.54) is 6.20 Å². The summed E-state index contributed by atoms with van der Waals surface area (Å²) in [7, 11) is 0. The highest BCUT2D eigenvalue weighted by atomic mass is 19.1. The summed E-state index contributed by atoms with van der Waals surface area (Å²) >= 11 is 0. The van der Waals surface area contributed by atoms with Crippen LogP contribution in [-0.4, -0.2) is 36.8 Å². The minimum Gasteiger partial charge on any atom is -0.494 e. The second-order valence-corrected chi connectivity index (χ2v) is 7.72. The molecule has 0 spiro atoms. The van der Waals surface area contributed by atoms with Crippen molar-refractivity contribution in [2.45, 2.75) is 45.2 Å². The topological polar surface area (TPSA) is 122 Å². The van der Waals surface area contributed by atoms with Gasteiger partial charge in [0.25, 0.3) is 0 Å². The second-order valence-electron chi connectivity index (χ2n) is 7.72. The highest BCUT2D eigenvalue weighted by Crippen LogP contribution is 2.39. The number of hydrogen-bond donors (Lipinski definition) is 4. The predicted octanol–water partition coefficient (Wildman–Crippen LogP) is 2.92. The highest BCUT2D eigenvalue weighted by Gasteiger charge is 2.27. The average Bonchev–Trinajstić information content (AvgIpc) is 3.24. The summed E-state index contributed by atoms with van der Waals surface area (Å²) in [5, 5.41) is 17.9. The average molecular weight is 386 g/mol. The Morgan fingerprint density at radius 1 is 1.50 bits per heavy atom. The van der Waals surface area contributed by atoms with Crippen molar-refractivity contribution in [2.75, 3.05) is 5.32 Å². The number of carbonyl (C=O) groups is 1. The molecule has 1 fully saturated rings. The summed E-state index contributed by atoms with van der Waals surface area (Å²) < 4.78 is 16.9. The molecule has 1 aliphatic carbocycles. The lowest BCUT2D eigenvalue weighted by molar-refractivity contribution is -0.119. The molecule has 0 saturated heterocycles. The van der Waals surface area contributed by atoms with Crippen molar-refractivity contribution >= 4 is 22.5 Å². The van der Waals surface area contributed by atoms with Gasteiger partial charge in [0.2, 0.25) is 5.91 Å². The van der Waals surface area contributed by atoms with E-state index in [9.17, 15) is 9.90 Å². The summed E-state index contributed by atoms with van der Waals surface area (Å²) in [4.78, 5) is 18.8. The summed E-state index contributed by atoms with van der Waals surface area (Å²) in [5.41, 5.74) is 6.53. The monoisotopic (exact) mass is 386 g/mol. The van der Waals surface area contributed by atoms with E-state index in [1.54, 1.807) is 6.20 Å². The van der Waals surface area contributed by atoms with Crippen molar-refractivity contribution in [3.63, 3.8) is 0 Å². The molecular formula is C19H23FN6O2. The Kier molecular flexibility index (Phi) is 4.44. The molecule has 4 rings (SSSR count). The molecule has 0 aliphatic heterocycles. The molecule has 0 radical (unpaired) electrons. The van der Waals surface area contributed by atoms with Gasteiger partial charge in [-0.25, -0.2) is 9.37 Å². The number of aromatic amines is 1. The lowest BCUT2D eigenvalue weighted by Crippen LogP contribution is -2.37. The molecule has 8 nitrogen and oxygen atoms in total. The molecule has 1 saturated carbocycles. The normalized spacial score (nSPS) is 15.3. The fraction of sp³-hybridized carbons (Fsp3) is 0.421. The van der Waals surface area contributed by atoms with Crippen molar-refractivity contribution < 1.29 is 14.3 Å². The zero-order valence-electron chi connectivity index (χ0n) is 15.7. The molecular weight excluding hydrogens is 363 g/mol. The van der Waals surface area contributed by atoms with Gasteiger partial charge in [0.15, 0.2) is 17.5 Å². The van der Waals surface area contributed by atoms with E-state index in [2.05, 4.69) is 20.4 Å². The first kappa shape index (κ1) is 18.3. The van der Waals surface area contributed by atoms with Gasteiger partial charge in [0, 0.05) is 23.3 Å². The number of hydrogen-bond acceptors (Lipinski definition) is 5. The molecule has 5 N–H and O–H groups in total. The van der Waals surface area contributed by atoms with Crippen LogP contribution in [0.2, 0.25) is 0 Å². The number of nitrogens with two attached hydrogens (primary N) is 1. The summed E-state index contributed by atoms with van der Waals surface area (Å²) in [6, 6.07) is -0.374. The van der Waals surface area contributed by atoms with E-state index < -0.39 is 17.8 Å². The second kappa shape index (κ2) is 6.81. The van der Waals surface area contributed by atoms with E-state index in [0.717, 1.165) is 12.8 Å². The van der Waals surface area contributed by atoms with Gasteiger partial charge >= 0.3 is 0 Å². The molecule has 148 valence electrons. The first-order valence-corrected chi connectivity index (χ1v) is 9.35. The van der Waals surface area contributed by atoms with E-state index in [0.29, 0.717) is 23.7 Å². The number of amides is 1. The van der Waals surface area contributed by atoms with Crippen LogP contribution in [0.4, 0.5) is 10.2 Å². The number of pyridine rings is 1. The Labute approximate surface area is 160 Å². The molecule has 0 bridgehead atoms. The molecule has 1 atom stereocenters. The van der Waals surface area contributed by atoms with Crippen molar-refractivity contribution in [1.82, 2.24) is 19.7 Å². The maximum atomic E-state index is 15.1. The van der Waals surface area contributed by atoms with Crippen LogP contribution in [0, 0.1) is 11.7 Å². The maximum absolute atomic E-state index is 15.1. The molecule has 3 aromatic heterocycles. The van der Waals surface area contributed by atoms with E-state index in [-0.39, 0.29) is 28.4 Å². The lowest BCUT2D eigenvalue weighted by atomic mass is 10.0. The number of carbonyl (C=O) groups excluding carboxylic acids is 1. The van der Waals surface area contributed by atoms with E-state index in [1.807, 2.05) is 24.7 Å². The minimum absolute atomic E-state index is 0.0786. The first-order valence-electron chi connectivity index (χ1n) is 9.35. The van der Waals surface area contributed by atoms with E-state index >= 15 is 4.39 Å². The fourth-order valence-electron chi connectivity index (χ4n) is 3.36. The number of rotatable bonds is 7. The number of primary amides is 1. The number of anilines is 1. The summed E-state index contributed by atoms with van der Waals surface area (Å²) in [6.45, 7) is 3.90. The predicted molar refractivity (Wildman–Crippen MR) is 103 cm³/mol. The van der Waals surface area contributed by atoms with Crippen LogP contribution >= 0.6 is 0 Å². The van der Waals surface area contributed by atoms with Crippen LogP contribution in [0.15, 0.2) is 18.6 Å². The summed E-state index contributed by atoms with van der Waals surface area (Å²) in [5.74, 6) is -1.29. The number of aromatic nitrogens is 4. The number of fused-ring (bicyclic) bond motifs is 1. The molecule has 0 unspecified atom stereocenters. The van der Waals surface area contributed by atoms with Gasteiger partial charge in [-0.15, -0.1) is 0 Å². The van der Waals surface area contributed by atoms with Gasteiger partial charge in [-0.2, -0.15) is 5.10 Å². The van der Waals surface area contributed by atoms with Crippen molar-refractivity contribution in [2.24, 2.45) is 11.7 Å². The number of H-pyrrole nitrogens is 1. The number of nitrogens with one attached hydrogen (secondary N) is 2. The Balaban J connectivity index is 1.80. The van der Waals surface area contributed by atoms with Crippen LogP contribution in [0.1, 0.15) is 39.2 Å². The minimum atomic E-state index is -0.756. The van der Waals surface area contributed by atoms with E-state index in [4.69, 9.17) is 5.73 Å². The third kappa shape index (κ3) is 3.28. The maximum Gasteiger partial charge on any atom is 0.239 e. The first-order chi connectivity index (χ1) is 13.3. The Morgan fingerprint density at radius 2 is 2.25 bits per heavy atom. The highest BCUT2D eigenvalue weighted by molar-refractivity contribution is 6.00. The van der Waals surface area contributed by atoms with Crippen LogP contribution in [-0.2, 0) is 4.79 Å². The SMILES string of the molecule is CC(C)C[C@@H](Nc1nc(-c2cnn(C3CC3)c2)c2c(O)[nH]cc2c1F)C(N)=O. The molecule has 9 heteroatoms. The van der Waals surface area contributed by atoms with Gasteiger partial charge in [0.05, 0.1) is 23.3 Å². The van der Waals surface area contributed by atoms with Gasteiger partial charge in [-0.1, -0.05) is 13.8 Å². The van der Waals surface area contributed by atoms with Crippen LogP contribution in [0.25, 0.3) is 22.0 Å². The number of nitrogens with zero attached hydrogens (tertiary/aromatic N) is 3. The zero-order chi connectivity index (χ0) is 20.0. The Morgan fingerprint density at radius 3 is 2.89 bits per heavy atom.